The van der Waals surface area contributed by atoms with Crippen molar-refractivity contribution in [3.63, 3.8) is 0 Å². The van der Waals surface area contributed by atoms with E-state index in [4.69, 9.17) is 4.74 Å². The summed E-state index contributed by atoms with van der Waals surface area (Å²) >= 11 is 0. The number of benzene rings is 1. The van der Waals surface area contributed by atoms with E-state index in [2.05, 4.69) is 15.6 Å². The molecule has 0 radical (unpaired) electrons. The van der Waals surface area contributed by atoms with Gasteiger partial charge in [0.2, 0.25) is 5.91 Å². The number of aryl methyl sites for hydroxylation is 1. The molecule has 134 valence electrons. The molecule has 0 aliphatic carbocycles. The van der Waals surface area contributed by atoms with Crippen LogP contribution >= 0.6 is 24.8 Å². The first-order valence-electron chi connectivity index (χ1n) is 7.32. The number of carbonyl (C=O) groups is 1. The fourth-order valence-corrected chi connectivity index (χ4v) is 1.97. The number of nitrogens with zero attached hydrogens (tertiary/aromatic N) is 2. The number of aromatic nitrogens is 2. The number of anilines is 1. The van der Waals surface area contributed by atoms with Crippen LogP contribution in [0.1, 0.15) is 18.7 Å². The van der Waals surface area contributed by atoms with Crippen LogP contribution in [0.3, 0.4) is 0 Å². The average molecular weight is 375 g/mol. The van der Waals surface area contributed by atoms with Crippen LogP contribution in [0.5, 0.6) is 5.75 Å². The van der Waals surface area contributed by atoms with Crippen LogP contribution in [-0.2, 0) is 18.4 Å². The van der Waals surface area contributed by atoms with E-state index in [1.165, 1.54) is 0 Å². The molecule has 1 amide bonds. The van der Waals surface area contributed by atoms with Crippen LogP contribution < -0.4 is 15.4 Å². The quantitative estimate of drug-likeness (QED) is 0.697. The van der Waals surface area contributed by atoms with Gasteiger partial charge in [0.05, 0.1) is 0 Å². The SMILES string of the molecule is CNCCCC(=O)Nc1ccc(OCc2nccn2C)cc1.Cl.Cl. The molecule has 0 saturated carbocycles. The first kappa shape index (κ1) is 22.2. The normalized spacial score (nSPS) is 9.58. The highest BCUT2D eigenvalue weighted by Gasteiger charge is 2.03. The van der Waals surface area contributed by atoms with E-state index in [1.807, 2.05) is 49.1 Å². The molecule has 0 aliphatic heterocycles. The van der Waals surface area contributed by atoms with E-state index < -0.39 is 0 Å². The van der Waals surface area contributed by atoms with E-state index in [9.17, 15) is 4.79 Å². The topological polar surface area (TPSA) is 68.2 Å². The van der Waals surface area contributed by atoms with Gasteiger partial charge in [0.25, 0.3) is 0 Å². The van der Waals surface area contributed by atoms with Crippen LogP contribution in [0.4, 0.5) is 5.69 Å². The van der Waals surface area contributed by atoms with Gasteiger partial charge in [-0.15, -0.1) is 24.8 Å². The highest BCUT2D eigenvalue weighted by Crippen LogP contribution is 2.17. The maximum absolute atomic E-state index is 11.7. The fourth-order valence-electron chi connectivity index (χ4n) is 1.97. The number of halogens is 2. The summed E-state index contributed by atoms with van der Waals surface area (Å²) in [6, 6.07) is 7.35. The molecule has 6 nitrogen and oxygen atoms in total. The third-order valence-electron chi connectivity index (χ3n) is 3.26. The predicted octanol–water partition coefficient (Wildman–Crippen LogP) is 2.78. The van der Waals surface area contributed by atoms with Gasteiger partial charge >= 0.3 is 0 Å². The molecule has 1 heterocycles. The second-order valence-corrected chi connectivity index (χ2v) is 5.02. The minimum atomic E-state index is 0. The van der Waals surface area contributed by atoms with Crippen molar-refractivity contribution in [1.29, 1.82) is 0 Å². The van der Waals surface area contributed by atoms with Crippen molar-refractivity contribution < 1.29 is 9.53 Å². The lowest BCUT2D eigenvalue weighted by molar-refractivity contribution is -0.116. The van der Waals surface area contributed by atoms with Crippen molar-refractivity contribution in [2.75, 3.05) is 18.9 Å². The number of amides is 1. The summed E-state index contributed by atoms with van der Waals surface area (Å²) in [5.41, 5.74) is 0.777. The lowest BCUT2D eigenvalue weighted by Crippen LogP contribution is -2.15. The Morgan fingerprint density at radius 1 is 1.25 bits per heavy atom. The first-order chi connectivity index (χ1) is 10.7. The third kappa shape index (κ3) is 7.21. The molecule has 8 heteroatoms. The van der Waals surface area contributed by atoms with Crippen molar-refractivity contribution in [2.45, 2.75) is 19.4 Å². The Bertz CT molecular complexity index is 602. The van der Waals surface area contributed by atoms with Crippen molar-refractivity contribution in [3.05, 3.63) is 42.5 Å². The zero-order chi connectivity index (χ0) is 15.8. The lowest BCUT2D eigenvalue weighted by atomic mass is 10.2. The Morgan fingerprint density at radius 2 is 1.96 bits per heavy atom. The van der Waals surface area contributed by atoms with E-state index in [0.717, 1.165) is 30.2 Å². The van der Waals surface area contributed by atoms with Crippen LogP contribution in [0, 0.1) is 0 Å². The molecule has 2 aromatic rings. The Morgan fingerprint density at radius 3 is 2.54 bits per heavy atom. The molecule has 1 aromatic heterocycles. The summed E-state index contributed by atoms with van der Waals surface area (Å²) in [7, 11) is 3.81. The van der Waals surface area contributed by atoms with Crippen molar-refractivity contribution in [3.8, 4) is 5.75 Å². The van der Waals surface area contributed by atoms with Crippen molar-refractivity contribution >= 4 is 36.4 Å². The van der Waals surface area contributed by atoms with Gasteiger partial charge in [0.1, 0.15) is 18.2 Å². The van der Waals surface area contributed by atoms with E-state index in [0.29, 0.717) is 13.0 Å². The third-order valence-corrected chi connectivity index (χ3v) is 3.26. The Labute approximate surface area is 154 Å². The summed E-state index contributed by atoms with van der Waals surface area (Å²) in [5.74, 6) is 1.63. The number of hydrogen-bond acceptors (Lipinski definition) is 4. The highest BCUT2D eigenvalue weighted by molar-refractivity contribution is 5.90. The van der Waals surface area contributed by atoms with E-state index in [-0.39, 0.29) is 30.7 Å². The molecule has 0 aliphatic rings. The van der Waals surface area contributed by atoms with E-state index in [1.54, 1.807) is 6.20 Å². The standard InChI is InChI=1S/C16H22N4O2.2ClH/c1-17-9-3-4-16(21)19-13-5-7-14(8-6-13)22-12-15-18-10-11-20(15)2;;/h5-8,10-11,17H,3-4,9,12H2,1-2H3,(H,19,21);2*1H. The summed E-state index contributed by atoms with van der Waals surface area (Å²) < 4.78 is 7.58. The average Bonchev–Trinajstić information content (AvgIpc) is 2.92. The summed E-state index contributed by atoms with van der Waals surface area (Å²) in [6.07, 6.45) is 4.96. The maximum atomic E-state index is 11.7. The van der Waals surface area contributed by atoms with Gasteiger partial charge < -0.3 is 19.9 Å². The molecule has 0 bridgehead atoms. The van der Waals surface area contributed by atoms with Crippen molar-refractivity contribution in [1.82, 2.24) is 14.9 Å². The van der Waals surface area contributed by atoms with Crippen LogP contribution in [0.15, 0.2) is 36.7 Å². The van der Waals surface area contributed by atoms with Gasteiger partial charge in [0.15, 0.2) is 0 Å². The first-order valence-corrected chi connectivity index (χ1v) is 7.32. The molecule has 0 fully saturated rings. The Kier molecular flexibility index (Phi) is 10.9. The summed E-state index contributed by atoms with van der Waals surface area (Å²) in [6.45, 7) is 1.26. The number of nitrogens with one attached hydrogen (secondary N) is 2. The smallest absolute Gasteiger partial charge is 0.224 e. The molecule has 24 heavy (non-hydrogen) atoms. The molecule has 0 spiro atoms. The lowest BCUT2D eigenvalue weighted by Gasteiger charge is -2.08. The van der Waals surface area contributed by atoms with Crippen LogP contribution in [0.2, 0.25) is 0 Å². The van der Waals surface area contributed by atoms with Gasteiger partial charge in [-0.1, -0.05) is 0 Å². The maximum Gasteiger partial charge on any atom is 0.224 e. The van der Waals surface area contributed by atoms with Gasteiger partial charge in [-0.25, -0.2) is 4.98 Å². The summed E-state index contributed by atoms with van der Waals surface area (Å²) in [5, 5.41) is 5.89. The van der Waals surface area contributed by atoms with Crippen LogP contribution in [-0.4, -0.2) is 29.1 Å². The molecular formula is C16H24Cl2N4O2. The van der Waals surface area contributed by atoms with Crippen LogP contribution in [0.25, 0.3) is 0 Å². The highest BCUT2D eigenvalue weighted by atomic mass is 35.5. The molecule has 0 atom stereocenters. The summed E-state index contributed by atoms with van der Waals surface area (Å²) in [4.78, 5) is 15.9. The molecule has 0 unspecified atom stereocenters. The minimum absolute atomic E-state index is 0. The molecule has 1 aromatic carbocycles. The number of ether oxygens (including phenoxy) is 1. The van der Waals surface area contributed by atoms with Crippen molar-refractivity contribution in [2.24, 2.45) is 7.05 Å². The largest absolute Gasteiger partial charge is 0.486 e. The van der Waals surface area contributed by atoms with Gasteiger partial charge in [-0.2, -0.15) is 0 Å². The zero-order valence-corrected chi connectivity index (χ0v) is 15.5. The van der Waals surface area contributed by atoms with E-state index >= 15 is 0 Å². The minimum Gasteiger partial charge on any atom is -0.486 e. The molecule has 2 N–H and O–H groups in total. The number of hydrogen-bond donors (Lipinski definition) is 2. The molecular weight excluding hydrogens is 351 g/mol. The predicted molar refractivity (Wildman–Crippen MR) is 100 cm³/mol. The monoisotopic (exact) mass is 374 g/mol. The zero-order valence-electron chi connectivity index (χ0n) is 13.8. The Hall–Kier alpha value is -1.76. The number of imidazole rings is 1. The van der Waals surface area contributed by atoms with Gasteiger partial charge in [-0.05, 0) is 44.3 Å². The Balaban J connectivity index is 0.00000264. The number of rotatable bonds is 8. The molecule has 2 rings (SSSR count). The number of carbonyl (C=O) groups excluding carboxylic acids is 1. The van der Waals surface area contributed by atoms with Gasteiger partial charge in [-0.3, -0.25) is 4.79 Å². The van der Waals surface area contributed by atoms with Gasteiger partial charge in [0, 0.05) is 31.5 Å². The fraction of sp³-hybridized carbons (Fsp3) is 0.375. The second kappa shape index (κ2) is 11.7. The molecule has 0 saturated heterocycles. The second-order valence-electron chi connectivity index (χ2n) is 5.02.